The number of likely N-dealkylation sites (N-methyl/N-ethyl adjacent to an activating group) is 1. The van der Waals surface area contributed by atoms with Gasteiger partial charge in [0.1, 0.15) is 0 Å². The number of benzene rings is 2. The minimum atomic E-state index is 0.324. The minimum Gasteiger partial charge on any atom is -0.370 e. The Morgan fingerprint density at radius 3 is 2.15 bits per heavy atom. The van der Waals surface area contributed by atoms with Crippen LogP contribution in [0.4, 0.5) is 5.69 Å². The zero-order chi connectivity index (χ0) is 14.4. The van der Waals surface area contributed by atoms with E-state index in [0.29, 0.717) is 12.6 Å². The average molecular weight is 268 g/mol. The Balaban J connectivity index is 2.09. The number of hydrogen-bond acceptors (Lipinski definition) is 2. The van der Waals surface area contributed by atoms with Crippen LogP contribution in [-0.4, -0.2) is 19.6 Å². The SMILES string of the molecule is CCc1ccc(N(C)C(CN)Cc2ccccc2)cc1. The molecule has 0 saturated heterocycles. The van der Waals surface area contributed by atoms with Crippen LogP contribution < -0.4 is 10.6 Å². The molecule has 2 aromatic carbocycles. The maximum absolute atomic E-state index is 5.97. The Morgan fingerprint density at radius 1 is 0.950 bits per heavy atom. The molecular weight excluding hydrogens is 244 g/mol. The van der Waals surface area contributed by atoms with Gasteiger partial charge in [0, 0.05) is 25.3 Å². The van der Waals surface area contributed by atoms with Crippen molar-refractivity contribution in [2.75, 3.05) is 18.5 Å². The van der Waals surface area contributed by atoms with Crippen LogP contribution in [0.15, 0.2) is 54.6 Å². The van der Waals surface area contributed by atoms with E-state index in [0.717, 1.165) is 12.8 Å². The second-order valence-electron chi connectivity index (χ2n) is 5.21. The summed E-state index contributed by atoms with van der Waals surface area (Å²) in [6, 6.07) is 19.6. The Kier molecular flexibility index (Phi) is 5.19. The van der Waals surface area contributed by atoms with Gasteiger partial charge in [-0.25, -0.2) is 0 Å². The van der Waals surface area contributed by atoms with E-state index in [-0.39, 0.29) is 0 Å². The molecule has 0 aliphatic carbocycles. The number of aryl methyl sites for hydroxylation is 1. The predicted molar refractivity (Wildman–Crippen MR) is 87.2 cm³/mol. The van der Waals surface area contributed by atoms with Crippen LogP contribution in [0.25, 0.3) is 0 Å². The normalized spacial score (nSPS) is 12.2. The topological polar surface area (TPSA) is 29.3 Å². The van der Waals surface area contributed by atoms with E-state index in [4.69, 9.17) is 5.73 Å². The minimum absolute atomic E-state index is 0.324. The summed E-state index contributed by atoms with van der Waals surface area (Å²) in [5.74, 6) is 0. The van der Waals surface area contributed by atoms with Gasteiger partial charge in [-0.15, -0.1) is 0 Å². The molecule has 2 aromatic rings. The lowest BCUT2D eigenvalue weighted by molar-refractivity contribution is 0.634. The van der Waals surface area contributed by atoms with Gasteiger partial charge in [0.2, 0.25) is 0 Å². The highest BCUT2D eigenvalue weighted by molar-refractivity contribution is 5.48. The molecular formula is C18H24N2. The zero-order valence-electron chi connectivity index (χ0n) is 12.4. The van der Waals surface area contributed by atoms with Gasteiger partial charge in [-0.05, 0) is 36.1 Å². The van der Waals surface area contributed by atoms with Crippen LogP contribution in [0.1, 0.15) is 18.1 Å². The van der Waals surface area contributed by atoms with Crippen LogP contribution in [-0.2, 0) is 12.8 Å². The van der Waals surface area contributed by atoms with Gasteiger partial charge >= 0.3 is 0 Å². The van der Waals surface area contributed by atoms with Gasteiger partial charge in [-0.3, -0.25) is 0 Å². The van der Waals surface area contributed by atoms with E-state index < -0.39 is 0 Å². The first-order chi connectivity index (χ1) is 9.74. The largest absolute Gasteiger partial charge is 0.370 e. The third kappa shape index (κ3) is 3.61. The monoisotopic (exact) mass is 268 g/mol. The van der Waals surface area contributed by atoms with Gasteiger partial charge in [0.15, 0.2) is 0 Å². The fourth-order valence-electron chi connectivity index (χ4n) is 2.44. The molecule has 0 amide bonds. The van der Waals surface area contributed by atoms with Crippen molar-refractivity contribution >= 4 is 5.69 Å². The molecule has 2 rings (SSSR count). The fraction of sp³-hybridized carbons (Fsp3) is 0.333. The van der Waals surface area contributed by atoms with Gasteiger partial charge in [-0.2, -0.15) is 0 Å². The Labute approximate surface area is 122 Å². The summed E-state index contributed by atoms with van der Waals surface area (Å²) in [4.78, 5) is 2.28. The molecule has 2 heteroatoms. The van der Waals surface area contributed by atoms with E-state index in [1.807, 2.05) is 6.07 Å². The second-order valence-corrected chi connectivity index (χ2v) is 5.21. The third-order valence-electron chi connectivity index (χ3n) is 3.89. The molecule has 106 valence electrons. The lowest BCUT2D eigenvalue weighted by Gasteiger charge is -2.29. The Hall–Kier alpha value is -1.80. The average Bonchev–Trinajstić information content (AvgIpc) is 2.53. The van der Waals surface area contributed by atoms with E-state index in [1.165, 1.54) is 16.8 Å². The number of rotatable bonds is 6. The van der Waals surface area contributed by atoms with Crippen LogP contribution >= 0.6 is 0 Å². The smallest absolute Gasteiger partial charge is 0.0449 e. The molecule has 2 nitrogen and oxygen atoms in total. The highest BCUT2D eigenvalue weighted by Crippen LogP contribution is 2.18. The van der Waals surface area contributed by atoms with E-state index in [2.05, 4.69) is 67.4 Å². The third-order valence-corrected chi connectivity index (χ3v) is 3.89. The molecule has 1 atom stereocenters. The van der Waals surface area contributed by atoms with Crippen LogP contribution in [0.2, 0.25) is 0 Å². The van der Waals surface area contributed by atoms with E-state index >= 15 is 0 Å². The second kappa shape index (κ2) is 7.11. The first kappa shape index (κ1) is 14.6. The van der Waals surface area contributed by atoms with Crippen molar-refractivity contribution in [3.8, 4) is 0 Å². The number of hydrogen-bond donors (Lipinski definition) is 1. The molecule has 0 fully saturated rings. The van der Waals surface area contributed by atoms with Crippen LogP contribution in [0.5, 0.6) is 0 Å². The summed E-state index contributed by atoms with van der Waals surface area (Å²) in [5.41, 5.74) is 9.91. The predicted octanol–water partition coefficient (Wildman–Crippen LogP) is 3.26. The highest BCUT2D eigenvalue weighted by Gasteiger charge is 2.14. The summed E-state index contributed by atoms with van der Waals surface area (Å²) in [5, 5.41) is 0. The number of anilines is 1. The first-order valence-electron chi connectivity index (χ1n) is 7.30. The molecule has 0 radical (unpaired) electrons. The van der Waals surface area contributed by atoms with E-state index in [9.17, 15) is 0 Å². The molecule has 0 heterocycles. The zero-order valence-corrected chi connectivity index (χ0v) is 12.4. The van der Waals surface area contributed by atoms with Crippen LogP contribution in [0, 0.1) is 0 Å². The Bertz CT molecular complexity index is 505. The van der Waals surface area contributed by atoms with Crippen molar-refractivity contribution in [3.63, 3.8) is 0 Å². The molecule has 0 saturated carbocycles. The summed E-state index contributed by atoms with van der Waals surface area (Å²) in [6.45, 7) is 2.83. The number of nitrogens with zero attached hydrogens (tertiary/aromatic N) is 1. The van der Waals surface area contributed by atoms with Gasteiger partial charge in [0.25, 0.3) is 0 Å². The molecule has 20 heavy (non-hydrogen) atoms. The number of nitrogens with two attached hydrogens (primary N) is 1. The summed E-state index contributed by atoms with van der Waals surface area (Å²) in [6.07, 6.45) is 2.05. The lowest BCUT2D eigenvalue weighted by atomic mass is 10.0. The van der Waals surface area contributed by atoms with Crippen LogP contribution in [0.3, 0.4) is 0 Å². The fourth-order valence-corrected chi connectivity index (χ4v) is 2.44. The van der Waals surface area contributed by atoms with Crippen molar-refractivity contribution in [2.45, 2.75) is 25.8 Å². The van der Waals surface area contributed by atoms with Gasteiger partial charge in [0.05, 0.1) is 0 Å². The lowest BCUT2D eigenvalue weighted by Crippen LogP contribution is -2.39. The molecule has 0 bridgehead atoms. The van der Waals surface area contributed by atoms with Crippen molar-refractivity contribution in [2.24, 2.45) is 5.73 Å². The van der Waals surface area contributed by atoms with Crippen molar-refractivity contribution in [1.82, 2.24) is 0 Å². The summed E-state index contributed by atoms with van der Waals surface area (Å²) < 4.78 is 0. The summed E-state index contributed by atoms with van der Waals surface area (Å²) >= 11 is 0. The quantitative estimate of drug-likeness (QED) is 0.871. The van der Waals surface area contributed by atoms with Crippen molar-refractivity contribution in [1.29, 1.82) is 0 Å². The van der Waals surface area contributed by atoms with Crippen molar-refractivity contribution in [3.05, 3.63) is 65.7 Å². The standard InChI is InChI=1S/C18H24N2/c1-3-15-9-11-17(12-10-15)20(2)18(14-19)13-16-7-5-4-6-8-16/h4-12,18H,3,13-14,19H2,1-2H3. The highest BCUT2D eigenvalue weighted by atomic mass is 15.1. The summed E-state index contributed by atoms with van der Waals surface area (Å²) in [7, 11) is 2.13. The van der Waals surface area contributed by atoms with Gasteiger partial charge in [-0.1, -0.05) is 49.4 Å². The van der Waals surface area contributed by atoms with Gasteiger partial charge < -0.3 is 10.6 Å². The molecule has 0 aliphatic heterocycles. The Morgan fingerprint density at radius 2 is 1.60 bits per heavy atom. The molecule has 2 N–H and O–H groups in total. The van der Waals surface area contributed by atoms with E-state index in [1.54, 1.807) is 0 Å². The van der Waals surface area contributed by atoms with Crippen molar-refractivity contribution < 1.29 is 0 Å². The first-order valence-corrected chi connectivity index (χ1v) is 7.30. The maximum Gasteiger partial charge on any atom is 0.0449 e. The molecule has 1 unspecified atom stereocenters. The molecule has 0 aromatic heterocycles. The maximum atomic E-state index is 5.97. The molecule has 0 spiro atoms. The molecule has 0 aliphatic rings.